The number of alkyl halides is 3. The van der Waals surface area contributed by atoms with E-state index >= 15 is 0 Å². The fourth-order valence-corrected chi connectivity index (χ4v) is 4.00. The van der Waals surface area contributed by atoms with Gasteiger partial charge in [-0.05, 0) is 62.4 Å². The van der Waals surface area contributed by atoms with Crippen LogP contribution in [0.15, 0.2) is 70.9 Å². The molecule has 1 aliphatic heterocycles. The van der Waals surface area contributed by atoms with Crippen LogP contribution in [-0.2, 0) is 15.8 Å². The van der Waals surface area contributed by atoms with Crippen molar-refractivity contribution in [3.63, 3.8) is 0 Å². The summed E-state index contributed by atoms with van der Waals surface area (Å²) in [6, 6.07) is 10.2. The van der Waals surface area contributed by atoms with Gasteiger partial charge in [0.2, 0.25) is 0 Å². The third-order valence-electron chi connectivity index (χ3n) is 5.55. The number of Topliss-reactive ketones (excluding diaryl/α,β-unsaturated/α-hetero) is 1. The predicted molar refractivity (Wildman–Crippen MR) is 124 cm³/mol. The third-order valence-corrected chi connectivity index (χ3v) is 5.55. The van der Waals surface area contributed by atoms with Gasteiger partial charge in [0.25, 0.3) is 11.7 Å². The van der Waals surface area contributed by atoms with E-state index in [1.54, 1.807) is 26.0 Å². The maximum atomic E-state index is 13.2. The lowest BCUT2D eigenvalue weighted by Crippen LogP contribution is -2.29. The van der Waals surface area contributed by atoms with E-state index in [-0.39, 0.29) is 34.9 Å². The lowest BCUT2D eigenvalue weighted by molar-refractivity contribution is -0.137. The van der Waals surface area contributed by atoms with Crippen LogP contribution in [0.2, 0.25) is 0 Å². The molecule has 10 heteroatoms. The lowest BCUT2D eigenvalue weighted by Gasteiger charge is -2.24. The summed E-state index contributed by atoms with van der Waals surface area (Å²) in [5.41, 5.74) is -1.03. The average Bonchev–Trinajstić information content (AvgIpc) is 3.46. The fraction of sp³-hybridized carbons (Fsp3) is 0.231. The highest BCUT2D eigenvalue weighted by Gasteiger charge is 2.48. The Morgan fingerprint density at radius 1 is 1.03 bits per heavy atom. The molecule has 1 amide bonds. The number of aliphatic hydroxyl groups excluding tert-OH is 1. The summed E-state index contributed by atoms with van der Waals surface area (Å²) in [4.78, 5) is 27.3. The fourth-order valence-electron chi connectivity index (χ4n) is 4.00. The Bertz CT molecular complexity index is 1300. The van der Waals surface area contributed by atoms with Crippen molar-refractivity contribution in [3.8, 4) is 11.5 Å². The molecule has 1 aromatic heterocycles. The molecule has 1 aliphatic rings. The van der Waals surface area contributed by atoms with E-state index in [0.717, 1.165) is 29.2 Å². The highest BCUT2D eigenvalue weighted by Crippen LogP contribution is 2.44. The van der Waals surface area contributed by atoms with Crippen LogP contribution < -0.4 is 14.4 Å². The van der Waals surface area contributed by atoms with Crippen LogP contribution in [0.3, 0.4) is 0 Å². The molecule has 0 aliphatic carbocycles. The highest BCUT2D eigenvalue weighted by molar-refractivity contribution is 6.51. The molecular formula is C26H22F3NO6. The lowest BCUT2D eigenvalue weighted by atomic mass is 9.98. The van der Waals surface area contributed by atoms with Gasteiger partial charge in [-0.1, -0.05) is 0 Å². The minimum Gasteiger partial charge on any atom is -0.507 e. The number of nitrogens with zero attached hydrogens (tertiary/aromatic N) is 1. The van der Waals surface area contributed by atoms with E-state index in [1.165, 1.54) is 24.5 Å². The molecule has 1 saturated heterocycles. The zero-order valence-electron chi connectivity index (χ0n) is 19.3. The van der Waals surface area contributed by atoms with E-state index in [4.69, 9.17) is 13.9 Å². The minimum atomic E-state index is -4.57. The van der Waals surface area contributed by atoms with Crippen molar-refractivity contribution < 1.29 is 41.8 Å². The molecular weight excluding hydrogens is 479 g/mol. The summed E-state index contributed by atoms with van der Waals surface area (Å²) >= 11 is 0. The Balaban J connectivity index is 1.87. The summed E-state index contributed by atoms with van der Waals surface area (Å²) in [7, 11) is 0. The van der Waals surface area contributed by atoms with Crippen molar-refractivity contribution in [2.24, 2.45) is 0 Å². The number of carbonyl (C=O) groups excluding carboxylic acids is 2. The molecule has 1 atom stereocenters. The largest absolute Gasteiger partial charge is 0.507 e. The van der Waals surface area contributed by atoms with E-state index < -0.39 is 35.2 Å². The molecule has 7 nitrogen and oxygen atoms in total. The first-order valence-electron chi connectivity index (χ1n) is 11.1. The quantitative estimate of drug-likeness (QED) is 0.253. The number of benzene rings is 2. The number of amides is 1. The molecule has 0 bridgehead atoms. The zero-order chi connectivity index (χ0) is 26.0. The summed E-state index contributed by atoms with van der Waals surface area (Å²) < 4.78 is 55.8. The van der Waals surface area contributed by atoms with Crippen molar-refractivity contribution in [3.05, 3.63) is 83.3 Å². The SMILES string of the molecule is CCOc1ccc(/C(O)=C2/C(=O)C(=O)N(c3ccc(C(F)(F)F)cc3)C2c2ccco2)c(OCC)c1. The Kier molecular flexibility index (Phi) is 6.78. The van der Waals surface area contributed by atoms with Gasteiger partial charge >= 0.3 is 6.18 Å². The predicted octanol–water partition coefficient (Wildman–Crippen LogP) is 5.72. The minimum absolute atomic E-state index is 0.0299. The molecule has 2 heterocycles. The van der Waals surface area contributed by atoms with Crippen molar-refractivity contribution in [1.29, 1.82) is 0 Å². The third kappa shape index (κ3) is 4.53. The van der Waals surface area contributed by atoms with Gasteiger partial charge in [0, 0.05) is 11.8 Å². The number of furan rings is 1. The maximum absolute atomic E-state index is 13.2. The molecule has 2 aromatic carbocycles. The van der Waals surface area contributed by atoms with Gasteiger partial charge < -0.3 is 19.0 Å². The standard InChI is InChI=1S/C26H22F3NO6/c1-3-34-17-11-12-18(20(14-17)35-4-2)23(31)21-22(19-6-5-13-36-19)30(25(33)24(21)32)16-9-7-15(8-10-16)26(27,28)29/h5-14,22,31H,3-4H2,1-2H3/b23-21-. The first kappa shape index (κ1) is 24.9. The van der Waals surface area contributed by atoms with Crippen LogP contribution >= 0.6 is 0 Å². The number of halogens is 3. The van der Waals surface area contributed by atoms with Crippen LogP contribution in [0.25, 0.3) is 5.76 Å². The van der Waals surface area contributed by atoms with Crippen LogP contribution in [0.5, 0.6) is 11.5 Å². The van der Waals surface area contributed by atoms with Gasteiger partial charge in [-0.15, -0.1) is 0 Å². The van der Waals surface area contributed by atoms with Crippen LogP contribution in [0.4, 0.5) is 18.9 Å². The van der Waals surface area contributed by atoms with E-state index in [2.05, 4.69) is 0 Å². The van der Waals surface area contributed by atoms with Crippen molar-refractivity contribution in [2.45, 2.75) is 26.1 Å². The number of rotatable bonds is 7. The molecule has 0 spiro atoms. The van der Waals surface area contributed by atoms with Gasteiger partial charge in [0.05, 0.1) is 36.2 Å². The number of hydrogen-bond acceptors (Lipinski definition) is 6. The Morgan fingerprint density at radius 3 is 2.31 bits per heavy atom. The van der Waals surface area contributed by atoms with Crippen LogP contribution in [0, 0.1) is 0 Å². The number of ether oxygens (including phenoxy) is 2. The molecule has 36 heavy (non-hydrogen) atoms. The van der Waals surface area contributed by atoms with Gasteiger partial charge in [-0.2, -0.15) is 13.2 Å². The number of ketones is 1. The number of anilines is 1. The van der Waals surface area contributed by atoms with E-state index in [1.807, 2.05) is 0 Å². The second-order valence-electron chi connectivity index (χ2n) is 7.75. The Morgan fingerprint density at radius 2 is 1.72 bits per heavy atom. The Hall–Kier alpha value is -4.21. The van der Waals surface area contributed by atoms with E-state index in [9.17, 15) is 27.9 Å². The number of carbonyl (C=O) groups is 2. The summed E-state index contributed by atoms with van der Waals surface area (Å²) in [5.74, 6) is -1.73. The van der Waals surface area contributed by atoms with Crippen molar-refractivity contribution >= 4 is 23.1 Å². The molecule has 1 fully saturated rings. The average molecular weight is 501 g/mol. The summed E-state index contributed by atoms with van der Waals surface area (Å²) in [5, 5.41) is 11.3. The zero-order valence-corrected chi connectivity index (χ0v) is 19.3. The maximum Gasteiger partial charge on any atom is 0.416 e. The number of aliphatic hydroxyl groups is 1. The van der Waals surface area contributed by atoms with Crippen LogP contribution in [-0.4, -0.2) is 30.0 Å². The van der Waals surface area contributed by atoms with Gasteiger partial charge in [-0.3, -0.25) is 14.5 Å². The molecule has 1 unspecified atom stereocenters. The molecule has 4 rings (SSSR count). The van der Waals surface area contributed by atoms with Crippen molar-refractivity contribution in [1.82, 2.24) is 0 Å². The van der Waals surface area contributed by atoms with Crippen molar-refractivity contribution in [2.75, 3.05) is 18.1 Å². The first-order chi connectivity index (χ1) is 17.2. The summed E-state index contributed by atoms with van der Waals surface area (Å²) in [6.45, 7) is 4.19. The molecule has 3 aromatic rings. The molecule has 188 valence electrons. The topological polar surface area (TPSA) is 89.2 Å². The second kappa shape index (κ2) is 9.80. The normalized spacial score (nSPS) is 17.5. The van der Waals surface area contributed by atoms with Crippen LogP contribution in [0.1, 0.15) is 36.8 Å². The molecule has 0 saturated carbocycles. The Labute approximate surface area is 204 Å². The number of hydrogen-bond donors (Lipinski definition) is 1. The van der Waals surface area contributed by atoms with Gasteiger partial charge in [-0.25, -0.2) is 0 Å². The summed E-state index contributed by atoms with van der Waals surface area (Å²) in [6.07, 6.45) is -3.25. The smallest absolute Gasteiger partial charge is 0.416 e. The second-order valence-corrected chi connectivity index (χ2v) is 7.75. The van der Waals surface area contributed by atoms with Gasteiger partial charge in [0.1, 0.15) is 29.1 Å². The van der Waals surface area contributed by atoms with E-state index in [0.29, 0.717) is 12.4 Å². The van der Waals surface area contributed by atoms with Gasteiger partial charge in [0.15, 0.2) is 0 Å². The first-order valence-corrected chi connectivity index (χ1v) is 11.1. The highest BCUT2D eigenvalue weighted by atomic mass is 19.4. The molecule has 0 radical (unpaired) electrons. The monoisotopic (exact) mass is 501 g/mol. The molecule has 1 N–H and O–H groups in total.